The van der Waals surface area contributed by atoms with E-state index in [9.17, 15) is 18.0 Å². The van der Waals surface area contributed by atoms with Gasteiger partial charge in [0, 0.05) is 0 Å². The molecule has 0 aliphatic carbocycles. The topological polar surface area (TPSA) is 38.3 Å². The standard InChI is InChI=1S/C5H6F3NO2/c1-2-4(10)9-11-3-5(6,7)8/h2H,1,3H2,(H,9,10). The van der Waals surface area contributed by atoms with Crippen molar-refractivity contribution in [2.75, 3.05) is 6.61 Å². The van der Waals surface area contributed by atoms with Crippen molar-refractivity contribution in [3.63, 3.8) is 0 Å². The zero-order chi connectivity index (χ0) is 8.91. The number of amides is 1. The van der Waals surface area contributed by atoms with Crippen LogP contribution in [0.3, 0.4) is 0 Å². The van der Waals surface area contributed by atoms with Gasteiger partial charge in [-0.3, -0.25) is 9.63 Å². The minimum atomic E-state index is -4.44. The highest BCUT2D eigenvalue weighted by atomic mass is 19.4. The number of nitrogens with one attached hydrogen (secondary N) is 1. The van der Waals surface area contributed by atoms with Gasteiger partial charge in [0.2, 0.25) is 0 Å². The maximum absolute atomic E-state index is 11.3. The molecule has 0 rings (SSSR count). The molecule has 0 aromatic heterocycles. The Hall–Kier alpha value is -1.04. The molecule has 11 heavy (non-hydrogen) atoms. The Bertz CT molecular complexity index is 154. The molecular formula is C5H6F3NO2. The molecule has 0 fully saturated rings. The van der Waals surface area contributed by atoms with E-state index in [1.165, 1.54) is 5.48 Å². The Balaban J connectivity index is 3.42. The maximum Gasteiger partial charge on any atom is 0.414 e. The lowest BCUT2D eigenvalue weighted by molar-refractivity contribution is -0.190. The summed E-state index contributed by atoms with van der Waals surface area (Å²) in [5.74, 6) is -0.811. The van der Waals surface area contributed by atoms with Gasteiger partial charge >= 0.3 is 6.18 Å². The van der Waals surface area contributed by atoms with Gasteiger partial charge in [-0.25, -0.2) is 5.48 Å². The molecule has 0 aliphatic heterocycles. The fourth-order valence-electron chi connectivity index (χ4n) is 0.231. The van der Waals surface area contributed by atoms with Crippen LogP contribution in [0.5, 0.6) is 0 Å². The molecular weight excluding hydrogens is 163 g/mol. The molecule has 0 atom stereocenters. The van der Waals surface area contributed by atoms with Crippen molar-refractivity contribution in [1.29, 1.82) is 0 Å². The number of halogens is 3. The van der Waals surface area contributed by atoms with Crippen LogP contribution >= 0.6 is 0 Å². The van der Waals surface area contributed by atoms with E-state index in [4.69, 9.17) is 0 Å². The highest BCUT2D eigenvalue weighted by Crippen LogP contribution is 2.13. The smallest absolute Gasteiger partial charge is 0.268 e. The van der Waals surface area contributed by atoms with Gasteiger partial charge in [-0.15, -0.1) is 0 Å². The molecule has 64 valence electrons. The second-order valence-corrected chi connectivity index (χ2v) is 1.57. The number of rotatable bonds is 3. The van der Waals surface area contributed by atoms with E-state index >= 15 is 0 Å². The first kappa shape index (κ1) is 9.96. The van der Waals surface area contributed by atoms with E-state index in [1.54, 1.807) is 0 Å². The van der Waals surface area contributed by atoms with Gasteiger partial charge in [0.15, 0.2) is 6.61 Å². The van der Waals surface area contributed by atoms with Crippen molar-refractivity contribution in [2.24, 2.45) is 0 Å². The number of hydrogen-bond acceptors (Lipinski definition) is 2. The Morgan fingerprint density at radius 3 is 2.55 bits per heavy atom. The summed E-state index contributed by atoms with van der Waals surface area (Å²) in [5, 5.41) is 0. The third-order valence-electron chi connectivity index (χ3n) is 0.594. The summed E-state index contributed by atoms with van der Waals surface area (Å²) in [6.45, 7) is 1.50. The van der Waals surface area contributed by atoms with Crippen LogP contribution in [-0.4, -0.2) is 18.7 Å². The van der Waals surface area contributed by atoms with Crippen molar-refractivity contribution >= 4 is 5.91 Å². The molecule has 6 heteroatoms. The van der Waals surface area contributed by atoms with E-state index in [0.29, 0.717) is 0 Å². The lowest BCUT2D eigenvalue weighted by atomic mass is 10.6. The van der Waals surface area contributed by atoms with Crippen molar-refractivity contribution < 1.29 is 22.8 Å². The van der Waals surface area contributed by atoms with Gasteiger partial charge in [-0.2, -0.15) is 13.2 Å². The Morgan fingerprint density at radius 2 is 2.18 bits per heavy atom. The van der Waals surface area contributed by atoms with Crippen molar-refractivity contribution in [1.82, 2.24) is 5.48 Å². The average molecular weight is 169 g/mol. The summed E-state index contributed by atoms with van der Waals surface area (Å²) in [6.07, 6.45) is -3.63. The van der Waals surface area contributed by atoms with Gasteiger partial charge in [0.25, 0.3) is 5.91 Å². The minimum Gasteiger partial charge on any atom is -0.268 e. The molecule has 0 aromatic carbocycles. The number of hydroxylamine groups is 1. The zero-order valence-corrected chi connectivity index (χ0v) is 5.44. The maximum atomic E-state index is 11.3. The molecule has 0 heterocycles. The molecule has 0 aliphatic rings. The van der Waals surface area contributed by atoms with Crippen LogP contribution in [0.25, 0.3) is 0 Å². The average Bonchev–Trinajstić information content (AvgIpc) is 1.85. The van der Waals surface area contributed by atoms with E-state index in [0.717, 1.165) is 6.08 Å². The van der Waals surface area contributed by atoms with E-state index in [2.05, 4.69) is 11.4 Å². The second kappa shape index (κ2) is 3.97. The summed E-state index contributed by atoms with van der Waals surface area (Å²) >= 11 is 0. The molecule has 0 bridgehead atoms. The van der Waals surface area contributed by atoms with Crippen LogP contribution in [0.15, 0.2) is 12.7 Å². The fraction of sp³-hybridized carbons (Fsp3) is 0.400. The van der Waals surface area contributed by atoms with Crippen LogP contribution in [0.4, 0.5) is 13.2 Å². The van der Waals surface area contributed by atoms with Crippen LogP contribution < -0.4 is 5.48 Å². The van der Waals surface area contributed by atoms with E-state index in [-0.39, 0.29) is 0 Å². The highest BCUT2D eigenvalue weighted by molar-refractivity contribution is 5.85. The summed E-state index contributed by atoms with van der Waals surface area (Å²) in [5.41, 5.74) is 1.51. The minimum absolute atomic E-state index is 0.802. The SMILES string of the molecule is C=CC(=O)NOCC(F)(F)F. The molecule has 0 saturated heterocycles. The zero-order valence-electron chi connectivity index (χ0n) is 5.44. The second-order valence-electron chi connectivity index (χ2n) is 1.57. The lowest BCUT2D eigenvalue weighted by Crippen LogP contribution is -2.28. The predicted molar refractivity (Wildman–Crippen MR) is 30.3 cm³/mol. The monoisotopic (exact) mass is 169 g/mol. The Kier molecular flexibility index (Phi) is 3.59. The molecule has 1 N–H and O–H groups in total. The summed E-state index contributed by atoms with van der Waals surface area (Å²) in [4.78, 5) is 13.9. The number of alkyl halides is 3. The number of carbonyl (C=O) groups is 1. The van der Waals surface area contributed by atoms with Gasteiger partial charge < -0.3 is 0 Å². The summed E-state index contributed by atoms with van der Waals surface area (Å²) in [7, 11) is 0. The van der Waals surface area contributed by atoms with Crippen molar-refractivity contribution in [3.05, 3.63) is 12.7 Å². The van der Waals surface area contributed by atoms with Crippen molar-refractivity contribution in [3.8, 4) is 0 Å². The third kappa shape index (κ3) is 6.85. The highest BCUT2D eigenvalue weighted by Gasteiger charge is 2.27. The molecule has 0 aromatic rings. The van der Waals surface area contributed by atoms with E-state index < -0.39 is 18.7 Å². The van der Waals surface area contributed by atoms with Crippen LogP contribution in [0.1, 0.15) is 0 Å². The molecule has 1 amide bonds. The van der Waals surface area contributed by atoms with Crippen molar-refractivity contribution in [2.45, 2.75) is 6.18 Å². The Labute approximate surface area is 60.8 Å². The molecule has 0 spiro atoms. The molecule has 3 nitrogen and oxygen atoms in total. The van der Waals surface area contributed by atoms with Gasteiger partial charge in [-0.05, 0) is 6.08 Å². The van der Waals surface area contributed by atoms with Gasteiger partial charge in [0.05, 0.1) is 0 Å². The third-order valence-corrected chi connectivity index (χ3v) is 0.594. The predicted octanol–water partition coefficient (Wildman–Crippen LogP) is 0.782. The molecule has 0 radical (unpaired) electrons. The normalized spacial score (nSPS) is 10.8. The number of hydrogen-bond donors (Lipinski definition) is 1. The summed E-state index contributed by atoms with van der Waals surface area (Å²) < 4.78 is 33.9. The molecule has 0 unspecified atom stereocenters. The van der Waals surface area contributed by atoms with Crippen LogP contribution in [-0.2, 0) is 9.63 Å². The van der Waals surface area contributed by atoms with Crippen LogP contribution in [0.2, 0.25) is 0 Å². The first-order chi connectivity index (χ1) is 4.95. The van der Waals surface area contributed by atoms with Gasteiger partial charge in [0.1, 0.15) is 0 Å². The van der Waals surface area contributed by atoms with E-state index in [1.807, 2.05) is 0 Å². The van der Waals surface area contributed by atoms with Crippen LogP contribution in [0, 0.1) is 0 Å². The first-order valence-electron chi connectivity index (χ1n) is 2.56. The lowest BCUT2D eigenvalue weighted by Gasteiger charge is -2.05. The number of carbonyl (C=O) groups excluding carboxylic acids is 1. The Morgan fingerprint density at radius 1 is 1.64 bits per heavy atom. The quantitative estimate of drug-likeness (QED) is 0.500. The molecule has 0 saturated carbocycles. The summed E-state index contributed by atoms with van der Waals surface area (Å²) in [6, 6.07) is 0. The fourth-order valence-corrected chi connectivity index (χ4v) is 0.231. The first-order valence-corrected chi connectivity index (χ1v) is 2.56. The van der Waals surface area contributed by atoms with Gasteiger partial charge in [-0.1, -0.05) is 6.58 Å². The largest absolute Gasteiger partial charge is 0.414 e.